The summed E-state index contributed by atoms with van der Waals surface area (Å²) in [6, 6.07) is 3.75. The van der Waals surface area contributed by atoms with E-state index in [1.165, 1.54) is 11.3 Å². The van der Waals surface area contributed by atoms with E-state index < -0.39 is 5.97 Å². The largest absolute Gasteiger partial charge is 0.481 e. The normalized spacial score (nSPS) is 17.9. The third-order valence-electron chi connectivity index (χ3n) is 3.60. The minimum absolute atomic E-state index is 0.0171. The summed E-state index contributed by atoms with van der Waals surface area (Å²) >= 11 is 1.49. The van der Waals surface area contributed by atoms with Gasteiger partial charge in [0.05, 0.1) is 12.5 Å². The Morgan fingerprint density at radius 3 is 2.60 bits per heavy atom. The van der Waals surface area contributed by atoms with Crippen molar-refractivity contribution in [2.45, 2.75) is 37.7 Å². The number of carboxylic acids is 1. The van der Waals surface area contributed by atoms with Gasteiger partial charge in [0.25, 0.3) is 0 Å². The van der Waals surface area contributed by atoms with Gasteiger partial charge in [-0.1, -0.05) is 6.07 Å². The molecule has 110 valence electrons. The van der Waals surface area contributed by atoms with Gasteiger partial charge < -0.3 is 15.1 Å². The average molecular weight is 297 g/mol. The lowest BCUT2D eigenvalue weighted by Crippen LogP contribution is -2.40. The third-order valence-corrected chi connectivity index (χ3v) is 4.64. The van der Waals surface area contributed by atoms with Crippen molar-refractivity contribution in [1.29, 1.82) is 0 Å². The summed E-state index contributed by atoms with van der Waals surface area (Å²) in [4.78, 5) is 25.9. The summed E-state index contributed by atoms with van der Waals surface area (Å²) in [5, 5.41) is 20.3. The zero-order chi connectivity index (χ0) is 14.5. The van der Waals surface area contributed by atoms with Crippen LogP contribution in [0.5, 0.6) is 0 Å². The van der Waals surface area contributed by atoms with Gasteiger partial charge in [-0.3, -0.25) is 9.59 Å². The molecule has 20 heavy (non-hydrogen) atoms. The molecule has 1 unspecified atom stereocenters. The van der Waals surface area contributed by atoms with Crippen LogP contribution in [0, 0.1) is 0 Å². The van der Waals surface area contributed by atoms with Crippen molar-refractivity contribution in [2.24, 2.45) is 0 Å². The van der Waals surface area contributed by atoms with Gasteiger partial charge in [0.1, 0.15) is 0 Å². The number of thiophene rings is 1. The first-order chi connectivity index (χ1) is 9.56. The Morgan fingerprint density at radius 2 is 2.05 bits per heavy atom. The maximum Gasteiger partial charge on any atom is 0.304 e. The highest BCUT2D eigenvalue weighted by Gasteiger charge is 2.26. The number of rotatable bonds is 5. The highest BCUT2D eigenvalue weighted by atomic mass is 32.1. The summed E-state index contributed by atoms with van der Waals surface area (Å²) in [5.41, 5.74) is 0. The molecule has 1 fully saturated rings. The topological polar surface area (TPSA) is 77.8 Å². The van der Waals surface area contributed by atoms with Crippen molar-refractivity contribution in [3.05, 3.63) is 22.4 Å². The number of hydrogen-bond donors (Lipinski definition) is 2. The van der Waals surface area contributed by atoms with Crippen LogP contribution < -0.4 is 0 Å². The number of aliphatic hydroxyl groups excluding tert-OH is 1. The van der Waals surface area contributed by atoms with Crippen LogP contribution in [0.4, 0.5) is 0 Å². The lowest BCUT2D eigenvalue weighted by Gasteiger charge is -2.30. The van der Waals surface area contributed by atoms with E-state index in [1.54, 1.807) is 4.90 Å². The highest BCUT2D eigenvalue weighted by Crippen LogP contribution is 2.28. The van der Waals surface area contributed by atoms with Gasteiger partial charge in [0.15, 0.2) is 0 Å². The maximum absolute atomic E-state index is 12.2. The molecule has 1 saturated heterocycles. The summed E-state index contributed by atoms with van der Waals surface area (Å²) < 4.78 is 0. The summed E-state index contributed by atoms with van der Waals surface area (Å²) in [5.74, 6) is -1.16. The van der Waals surface area contributed by atoms with Gasteiger partial charge >= 0.3 is 5.97 Å². The lowest BCUT2D eigenvalue weighted by molar-refractivity contribution is -0.138. The smallest absolute Gasteiger partial charge is 0.304 e. The van der Waals surface area contributed by atoms with Crippen molar-refractivity contribution in [2.75, 3.05) is 13.1 Å². The zero-order valence-electron chi connectivity index (χ0n) is 11.2. The SMILES string of the molecule is O=C(O)CC(CC(=O)N1CCC(O)CC1)c1cccs1. The molecule has 2 rings (SSSR count). The Bertz CT molecular complexity index is 452. The van der Waals surface area contributed by atoms with Crippen molar-refractivity contribution >= 4 is 23.2 Å². The van der Waals surface area contributed by atoms with Crippen LogP contribution >= 0.6 is 11.3 Å². The Kier molecular flexibility index (Phi) is 5.14. The molecule has 0 aromatic carbocycles. The number of amides is 1. The van der Waals surface area contributed by atoms with E-state index in [-0.39, 0.29) is 30.8 Å². The molecule has 1 aromatic heterocycles. The van der Waals surface area contributed by atoms with Gasteiger partial charge in [-0.05, 0) is 24.3 Å². The zero-order valence-corrected chi connectivity index (χ0v) is 12.0. The van der Waals surface area contributed by atoms with Crippen LogP contribution in [0.2, 0.25) is 0 Å². The van der Waals surface area contributed by atoms with Crippen LogP contribution in [0.3, 0.4) is 0 Å². The summed E-state index contributed by atoms with van der Waals surface area (Å²) in [6.45, 7) is 1.12. The molecule has 1 aromatic rings. The molecule has 6 heteroatoms. The molecule has 0 saturated carbocycles. The molecular formula is C14H19NO4S. The number of piperidine rings is 1. The van der Waals surface area contributed by atoms with E-state index in [0.29, 0.717) is 25.9 Å². The predicted octanol–water partition coefficient (Wildman–Crippen LogP) is 1.68. The van der Waals surface area contributed by atoms with E-state index in [0.717, 1.165) is 4.88 Å². The molecule has 2 heterocycles. The molecule has 1 amide bonds. The maximum atomic E-state index is 12.2. The lowest BCUT2D eigenvalue weighted by atomic mass is 9.97. The average Bonchev–Trinajstić information content (AvgIpc) is 2.92. The Labute approximate surface area is 121 Å². The van der Waals surface area contributed by atoms with Crippen molar-refractivity contribution in [3.63, 3.8) is 0 Å². The van der Waals surface area contributed by atoms with E-state index >= 15 is 0 Å². The summed E-state index contributed by atoms with van der Waals surface area (Å²) in [7, 11) is 0. The first-order valence-electron chi connectivity index (χ1n) is 6.77. The molecular weight excluding hydrogens is 278 g/mol. The van der Waals surface area contributed by atoms with Crippen LogP contribution in [0.15, 0.2) is 17.5 Å². The fourth-order valence-corrected chi connectivity index (χ4v) is 3.29. The third kappa shape index (κ3) is 4.05. The number of carbonyl (C=O) groups is 2. The van der Waals surface area contributed by atoms with E-state index in [4.69, 9.17) is 5.11 Å². The van der Waals surface area contributed by atoms with Gasteiger partial charge in [-0.25, -0.2) is 0 Å². The second-order valence-electron chi connectivity index (χ2n) is 5.13. The summed E-state index contributed by atoms with van der Waals surface area (Å²) in [6.07, 6.45) is 1.10. The first kappa shape index (κ1) is 15.0. The molecule has 0 bridgehead atoms. The molecule has 0 aliphatic carbocycles. The van der Waals surface area contributed by atoms with Gasteiger partial charge in [-0.2, -0.15) is 0 Å². The van der Waals surface area contributed by atoms with Crippen LogP contribution in [-0.2, 0) is 9.59 Å². The molecule has 1 atom stereocenters. The van der Waals surface area contributed by atoms with Crippen LogP contribution in [0.1, 0.15) is 36.5 Å². The Morgan fingerprint density at radius 1 is 1.35 bits per heavy atom. The van der Waals surface area contributed by atoms with Crippen molar-refractivity contribution in [3.8, 4) is 0 Å². The number of carboxylic acid groups (broad SMARTS) is 1. The number of aliphatic hydroxyl groups is 1. The van der Waals surface area contributed by atoms with Gasteiger partial charge in [0, 0.05) is 30.3 Å². The monoisotopic (exact) mass is 297 g/mol. The van der Waals surface area contributed by atoms with Crippen LogP contribution in [-0.4, -0.2) is 46.2 Å². The van der Waals surface area contributed by atoms with E-state index in [2.05, 4.69) is 0 Å². The molecule has 1 aliphatic rings. The van der Waals surface area contributed by atoms with E-state index in [9.17, 15) is 14.7 Å². The fourth-order valence-electron chi connectivity index (χ4n) is 2.46. The standard InChI is InChI=1S/C14H19NO4S/c16-11-3-5-15(6-4-11)13(17)8-10(9-14(18)19)12-2-1-7-20-12/h1-2,7,10-11,16H,3-6,8-9H2,(H,18,19). The molecule has 1 aliphatic heterocycles. The predicted molar refractivity (Wildman–Crippen MR) is 75.8 cm³/mol. The van der Waals surface area contributed by atoms with Gasteiger partial charge in [0.2, 0.25) is 5.91 Å². The molecule has 0 radical (unpaired) electrons. The minimum atomic E-state index is -0.884. The quantitative estimate of drug-likeness (QED) is 0.867. The molecule has 0 spiro atoms. The minimum Gasteiger partial charge on any atom is -0.481 e. The number of hydrogen-bond acceptors (Lipinski definition) is 4. The Balaban J connectivity index is 1.97. The van der Waals surface area contributed by atoms with Crippen molar-refractivity contribution < 1.29 is 19.8 Å². The Hall–Kier alpha value is -1.40. The first-order valence-corrected chi connectivity index (χ1v) is 7.65. The second-order valence-corrected chi connectivity index (χ2v) is 6.11. The van der Waals surface area contributed by atoms with Crippen LogP contribution in [0.25, 0.3) is 0 Å². The fraction of sp³-hybridized carbons (Fsp3) is 0.571. The number of aliphatic carboxylic acids is 1. The molecule has 5 nitrogen and oxygen atoms in total. The number of carbonyl (C=O) groups excluding carboxylic acids is 1. The molecule has 2 N–H and O–H groups in total. The second kappa shape index (κ2) is 6.85. The number of likely N-dealkylation sites (tertiary alicyclic amines) is 1. The van der Waals surface area contributed by atoms with Gasteiger partial charge in [-0.15, -0.1) is 11.3 Å². The number of nitrogens with zero attached hydrogens (tertiary/aromatic N) is 1. The van der Waals surface area contributed by atoms with Crippen molar-refractivity contribution in [1.82, 2.24) is 4.90 Å². The van der Waals surface area contributed by atoms with E-state index in [1.807, 2.05) is 17.5 Å². The highest BCUT2D eigenvalue weighted by molar-refractivity contribution is 7.10.